The van der Waals surface area contributed by atoms with Crippen molar-refractivity contribution in [3.05, 3.63) is 35.7 Å². The number of carboxylic acids is 1. The van der Waals surface area contributed by atoms with E-state index in [0.717, 1.165) is 0 Å². The van der Waals surface area contributed by atoms with Gasteiger partial charge in [-0.05, 0) is 19.1 Å². The largest absolute Gasteiger partial charge is 0.492 e. The predicted octanol–water partition coefficient (Wildman–Crippen LogP) is 1.51. The van der Waals surface area contributed by atoms with Gasteiger partial charge in [-0.1, -0.05) is 17.3 Å². The Morgan fingerprint density at radius 1 is 1.40 bits per heavy atom. The zero-order valence-corrected chi connectivity index (χ0v) is 11.2. The summed E-state index contributed by atoms with van der Waals surface area (Å²) in [6.45, 7) is 2.46. The van der Waals surface area contributed by atoms with E-state index in [-0.39, 0.29) is 12.3 Å². The number of methoxy groups -OCH3 is 1. The van der Waals surface area contributed by atoms with Crippen molar-refractivity contribution in [1.29, 1.82) is 0 Å². The van der Waals surface area contributed by atoms with E-state index >= 15 is 0 Å². The molecule has 7 heteroatoms. The molecule has 0 saturated heterocycles. The van der Waals surface area contributed by atoms with E-state index in [0.29, 0.717) is 23.7 Å². The minimum atomic E-state index is -1.14. The molecule has 20 heavy (non-hydrogen) atoms. The second-order valence-corrected chi connectivity index (χ2v) is 3.94. The molecule has 1 N–H and O–H groups in total. The summed E-state index contributed by atoms with van der Waals surface area (Å²) < 4.78 is 12.0. The second kappa shape index (κ2) is 6.16. The second-order valence-electron chi connectivity index (χ2n) is 3.94. The van der Waals surface area contributed by atoms with Crippen LogP contribution in [0.1, 0.15) is 23.1 Å². The lowest BCUT2D eigenvalue weighted by Crippen LogP contribution is -2.09. The minimum absolute atomic E-state index is 0.0924. The van der Waals surface area contributed by atoms with E-state index in [2.05, 4.69) is 10.3 Å². The molecule has 0 aliphatic rings. The lowest BCUT2D eigenvalue weighted by Gasteiger charge is -2.11. The van der Waals surface area contributed by atoms with Gasteiger partial charge in [0.2, 0.25) is 0 Å². The summed E-state index contributed by atoms with van der Waals surface area (Å²) in [6.07, 6.45) is 0. The highest BCUT2D eigenvalue weighted by Gasteiger charge is 2.21. The molecule has 0 aliphatic carbocycles. The molecule has 1 heterocycles. The van der Waals surface area contributed by atoms with Crippen LogP contribution in [0.15, 0.2) is 24.3 Å². The summed E-state index contributed by atoms with van der Waals surface area (Å²) in [4.78, 5) is 11.1. The number of para-hydroxylation sites is 2. The first kappa shape index (κ1) is 14.0. The Hall–Kier alpha value is -2.41. The summed E-state index contributed by atoms with van der Waals surface area (Å²) in [7, 11) is 1.48. The van der Waals surface area contributed by atoms with E-state index in [1.165, 1.54) is 11.8 Å². The lowest BCUT2D eigenvalue weighted by atomic mass is 10.2. The maximum Gasteiger partial charge on any atom is 0.358 e. The minimum Gasteiger partial charge on any atom is -0.492 e. The van der Waals surface area contributed by atoms with Gasteiger partial charge in [-0.15, -0.1) is 5.10 Å². The lowest BCUT2D eigenvalue weighted by molar-refractivity contribution is 0.0685. The normalized spacial score (nSPS) is 10.5. The van der Waals surface area contributed by atoms with Crippen LogP contribution in [0.25, 0.3) is 5.69 Å². The summed E-state index contributed by atoms with van der Waals surface area (Å²) in [5.41, 5.74) is 0.867. The highest BCUT2D eigenvalue weighted by molar-refractivity contribution is 5.86. The van der Waals surface area contributed by atoms with Crippen LogP contribution in [0.4, 0.5) is 0 Å². The van der Waals surface area contributed by atoms with Crippen LogP contribution in [-0.2, 0) is 11.3 Å². The third-order valence-corrected chi connectivity index (χ3v) is 2.64. The average Bonchev–Trinajstić information content (AvgIpc) is 2.84. The van der Waals surface area contributed by atoms with E-state index in [9.17, 15) is 4.79 Å². The number of nitrogens with zero attached hydrogens (tertiary/aromatic N) is 3. The molecule has 0 saturated carbocycles. The van der Waals surface area contributed by atoms with E-state index < -0.39 is 5.97 Å². The number of hydrogen-bond donors (Lipinski definition) is 1. The molecule has 0 spiro atoms. The monoisotopic (exact) mass is 277 g/mol. The van der Waals surface area contributed by atoms with Gasteiger partial charge in [-0.3, -0.25) is 0 Å². The third-order valence-electron chi connectivity index (χ3n) is 2.64. The van der Waals surface area contributed by atoms with Gasteiger partial charge >= 0.3 is 5.97 Å². The first-order valence-electron chi connectivity index (χ1n) is 6.08. The van der Waals surface area contributed by atoms with Crippen molar-refractivity contribution in [3.63, 3.8) is 0 Å². The maximum absolute atomic E-state index is 11.1. The van der Waals surface area contributed by atoms with Gasteiger partial charge in [0.15, 0.2) is 5.69 Å². The highest BCUT2D eigenvalue weighted by Crippen LogP contribution is 2.24. The van der Waals surface area contributed by atoms with Crippen LogP contribution in [0.5, 0.6) is 5.75 Å². The zero-order valence-electron chi connectivity index (χ0n) is 11.2. The van der Waals surface area contributed by atoms with Crippen molar-refractivity contribution >= 4 is 5.97 Å². The molecule has 0 radical (unpaired) electrons. The van der Waals surface area contributed by atoms with Crippen LogP contribution >= 0.6 is 0 Å². The molecule has 1 aromatic heterocycles. The van der Waals surface area contributed by atoms with Gasteiger partial charge < -0.3 is 14.6 Å². The molecule has 2 rings (SSSR count). The number of hydrogen-bond acceptors (Lipinski definition) is 5. The van der Waals surface area contributed by atoms with Crippen LogP contribution in [0.2, 0.25) is 0 Å². The Labute approximate surface area is 115 Å². The number of carboxylic acid groups (broad SMARTS) is 1. The van der Waals surface area contributed by atoms with Crippen molar-refractivity contribution in [1.82, 2.24) is 15.0 Å². The Morgan fingerprint density at radius 2 is 2.15 bits per heavy atom. The zero-order chi connectivity index (χ0) is 14.5. The first-order chi connectivity index (χ1) is 9.69. The van der Waals surface area contributed by atoms with Crippen LogP contribution in [-0.4, -0.2) is 39.8 Å². The molecule has 1 aromatic carbocycles. The molecule has 0 bridgehead atoms. The molecule has 0 atom stereocenters. The Morgan fingerprint density at radius 3 is 2.80 bits per heavy atom. The summed E-state index contributed by atoms with van der Waals surface area (Å²) >= 11 is 0. The number of benzene rings is 1. The van der Waals surface area contributed by atoms with Gasteiger partial charge in [-0.25, -0.2) is 9.48 Å². The molecule has 7 nitrogen and oxygen atoms in total. The van der Waals surface area contributed by atoms with Gasteiger partial charge in [0.25, 0.3) is 0 Å². The molecule has 2 aromatic rings. The number of ether oxygens (including phenoxy) is 2. The fourth-order valence-electron chi connectivity index (χ4n) is 1.84. The highest BCUT2D eigenvalue weighted by atomic mass is 16.5. The average molecular weight is 277 g/mol. The Balaban J connectivity index is 2.55. The summed E-state index contributed by atoms with van der Waals surface area (Å²) in [6, 6.07) is 7.22. The predicted molar refractivity (Wildman–Crippen MR) is 70.2 cm³/mol. The fraction of sp³-hybridized carbons (Fsp3) is 0.308. The van der Waals surface area contributed by atoms with Gasteiger partial charge in [0.1, 0.15) is 17.1 Å². The summed E-state index contributed by atoms with van der Waals surface area (Å²) in [5, 5.41) is 16.7. The number of aromatic carboxylic acids is 1. The van der Waals surface area contributed by atoms with Crippen molar-refractivity contribution in [2.24, 2.45) is 0 Å². The molecular weight excluding hydrogens is 262 g/mol. The third kappa shape index (κ3) is 2.62. The van der Waals surface area contributed by atoms with Crippen LogP contribution < -0.4 is 4.74 Å². The van der Waals surface area contributed by atoms with E-state index in [4.69, 9.17) is 14.6 Å². The standard InChI is InChI=1S/C13H15N3O4/c1-3-20-11-7-5-4-6-9(11)16-10(8-19-2)12(13(17)18)14-15-16/h4-7H,3,8H2,1-2H3,(H,17,18). The van der Waals surface area contributed by atoms with Crippen LogP contribution in [0, 0.1) is 0 Å². The Kier molecular flexibility index (Phi) is 4.31. The number of rotatable bonds is 6. The Bertz CT molecular complexity index is 609. The van der Waals surface area contributed by atoms with E-state index in [1.807, 2.05) is 19.1 Å². The summed E-state index contributed by atoms with van der Waals surface area (Å²) in [5.74, 6) is -0.536. The number of aromatic nitrogens is 3. The molecule has 0 aliphatic heterocycles. The van der Waals surface area contributed by atoms with Crippen LogP contribution in [0.3, 0.4) is 0 Å². The topological polar surface area (TPSA) is 86.5 Å². The molecule has 0 unspecified atom stereocenters. The molecule has 0 amide bonds. The van der Waals surface area contributed by atoms with Crippen molar-refractivity contribution in [2.45, 2.75) is 13.5 Å². The van der Waals surface area contributed by atoms with Gasteiger partial charge in [0, 0.05) is 7.11 Å². The van der Waals surface area contributed by atoms with Gasteiger partial charge in [-0.2, -0.15) is 0 Å². The maximum atomic E-state index is 11.1. The van der Waals surface area contributed by atoms with Gasteiger partial charge in [0.05, 0.1) is 13.2 Å². The smallest absolute Gasteiger partial charge is 0.358 e. The molecular formula is C13H15N3O4. The SMILES string of the molecule is CCOc1ccccc1-n1nnc(C(=O)O)c1COC. The number of carbonyl (C=O) groups is 1. The van der Waals surface area contributed by atoms with Crippen molar-refractivity contribution in [2.75, 3.05) is 13.7 Å². The van der Waals surface area contributed by atoms with Crippen molar-refractivity contribution < 1.29 is 19.4 Å². The quantitative estimate of drug-likeness (QED) is 0.861. The molecule has 106 valence electrons. The first-order valence-corrected chi connectivity index (χ1v) is 6.08. The van der Waals surface area contributed by atoms with Crippen molar-refractivity contribution in [3.8, 4) is 11.4 Å². The fourth-order valence-corrected chi connectivity index (χ4v) is 1.84. The van der Waals surface area contributed by atoms with E-state index in [1.54, 1.807) is 12.1 Å². The molecule has 0 fully saturated rings.